The van der Waals surface area contributed by atoms with Gasteiger partial charge in [0, 0.05) is 24.6 Å². The molecule has 1 atom stereocenters. The molecule has 0 radical (unpaired) electrons. The minimum atomic E-state index is -0.742. The van der Waals surface area contributed by atoms with E-state index in [0.717, 1.165) is 42.4 Å². The van der Waals surface area contributed by atoms with Gasteiger partial charge in [0.1, 0.15) is 11.9 Å². The highest BCUT2D eigenvalue weighted by molar-refractivity contribution is 5.89. The Hall–Kier alpha value is -3.47. The lowest BCUT2D eigenvalue weighted by molar-refractivity contribution is -0.141. The van der Waals surface area contributed by atoms with Crippen LogP contribution in [0.15, 0.2) is 78.9 Å². The number of nitrogens with one attached hydrogen (secondary N) is 1. The SMILES string of the molecule is Cc1ccccc1CC(=O)N(Cc1ccccc1F)[C@@H](Cc1ccccc1)C(=O)NC1CCCC1. The molecular formula is C30H33FN2O2. The van der Waals surface area contributed by atoms with Crippen molar-refractivity contribution in [1.29, 1.82) is 0 Å². The standard InChI is InChI=1S/C30H33FN2O2/c1-22-11-5-6-14-24(22)20-29(34)33(21-25-15-7-10-18-27(25)31)28(19-23-12-3-2-4-13-23)30(35)32-26-16-8-9-17-26/h2-7,10-15,18,26,28H,8-9,16-17,19-21H2,1H3,(H,32,35)/t28-/m0/s1. The van der Waals surface area contributed by atoms with Gasteiger partial charge in [0.2, 0.25) is 11.8 Å². The second-order valence-electron chi connectivity index (χ2n) is 9.41. The summed E-state index contributed by atoms with van der Waals surface area (Å²) in [6, 6.07) is 23.3. The van der Waals surface area contributed by atoms with Crippen molar-refractivity contribution in [2.24, 2.45) is 0 Å². The average molecular weight is 473 g/mol. The predicted molar refractivity (Wildman–Crippen MR) is 136 cm³/mol. The molecule has 3 aromatic rings. The van der Waals surface area contributed by atoms with Gasteiger partial charge < -0.3 is 10.2 Å². The van der Waals surface area contributed by atoms with Crippen LogP contribution in [0.25, 0.3) is 0 Å². The van der Waals surface area contributed by atoms with Crippen LogP contribution < -0.4 is 5.32 Å². The molecule has 0 spiro atoms. The van der Waals surface area contributed by atoms with E-state index in [0.29, 0.717) is 12.0 Å². The van der Waals surface area contributed by atoms with Crippen molar-refractivity contribution in [3.8, 4) is 0 Å². The number of hydrogen-bond acceptors (Lipinski definition) is 2. The van der Waals surface area contributed by atoms with Crippen LogP contribution in [-0.2, 0) is 29.0 Å². The average Bonchev–Trinajstić information content (AvgIpc) is 3.37. The van der Waals surface area contributed by atoms with E-state index in [9.17, 15) is 14.0 Å². The highest BCUT2D eigenvalue weighted by Crippen LogP contribution is 2.21. The molecule has 0 unspecified atom stereocenters. The monoisotopic (exact) mass is 472 g/mol. The molecule has 2 amide bonds. The molecule has 1 saturated carbocycles. The van der Waals surface area contributed by atoms with Crippen molar-refractivity contribution in [2.45, 2.75) is 64.1 Å². The Morgan fingerprint density at radius 2 is 1.54 bits per heavy atom. The van der Waals surface area contributed by atoms with Crippen molar-refractivity contribution in [2.75, 3.05) is 0 Å². The normalized spacial score (nSPS) is 14.5. The summed E-state index contributed by atoms with van der Waals surface area (Å²) in [4.78, 5) is 29.0. The predicted octanol–water partition coefficient (Wildman–Crippen LogP) is 5.38. The Labute approximate surface area is 207 Å². The molecule has 3 aromatic carbocycles. The number of halogens is 1. The molecular weight excluding hydrogens is 439 g/mol. The van der Waals surface area contributed by atoms with Crippen molar-refractivity contribution in [1.82, 2.24) is 10.2 Å². The summed E-state index contributed by atoms with van der Waals surface area (Å²) in [5.74, 6) is -0.740. The largest absolute Gasteiger partial charge is 0.352 e. The van der Waals surface area contributed by atoms with Gasteiger partial charge >= 0.3 is 0 Å². The van der Waals surface area contributed by atoms with E-state index in [1.54, 1.807) is 23.1 Å². The summed E-state index contributed by atoms with van der Waals surface area (Å²) in [6.07, 6.45) is 4.62. The van der Waals surface area contributed by atoms with E-state index in [4.69, 9.17) is 0 Å². The highest BCUT2D eigenvalue weighted by Gasteiger charge is 2.32. The Bertz CT molecular complexity index is 1140. The Morgan fingerprint density at radius 1 is 0.914 bits per heavy atom. The lowest BCUT2D eigenvalue weighted by atomic mass is 10.00. The van der Waals surface area contributed by atoms with Crippen molar-refractivity contribution in [3.63, 3.8) is 0 Å². The maximum absolute atomic E-state index is 14.7. The first kappa shape index (κ1) is 24.6. The lowest BCUT2D eigenvalue weighted by Gasteiger charge is -2.32. The molecule has 0 saturated heterocycles. The molecule has 35 heavy (non-hydrogen) atoms. The fourth-order valence-corrected chi connectivity index (χ4v) is 4.80. The summed E-state index contributed by atoms with van der Waals surface area (Å²) < 4.78 is 14.7. The molecule has 1 aliphatic rings. The van der Waals surface area contributed by atoms with Gasteiger partial charge in [-0.25, -0.2) is 4.39 Å². The van der Waals surface area contributed by atoms with Gasteiger partial charge in [0.25, 0.3) is 0 Å². The molecule has 0 aliphatic heterocycles. The van der Waals surface area contributed by atoms with Gasteiger partial charge in [-0.3, -0.25) is 9.59 Å². The number of amides is 2. The second-order valence-corrected chi connectivity index (χ2v) is 9.41. The number of carbonyl (C=O) groups excluding carboxylic acids is 2. The Balaban J connectivity index is 1.68. The molecule has 4 rings (SSSR count). The van der Waals surface area contributed by atoms with Gasteiger partial charge in [0.05, 0.1) is 6.42 Å². The molecule has 1 aliphatic carbocycles. The van der Waals surface area contributed by atoms with Crippen molar-refractivity contribution >= 4 is 11.8 Å². The first-order valence-corrected chi connectivity index (χ1v) is 12.4. The van der Waals surface area contributed by atoms with Crippen LogP contribution in [0.5, 0.6) is 0 Å². The van der Waals surface area contributed by atoms with Gasteiger partial charge in [-0.15, -0.1) is 0 Å². The van der Waals surface area contributed by atoms with Crippen LogP contribution in [0.4, 0.5) is 4.39 Å². The number of nitrogens with zero attached hydrogens (tertiary/aromatic N) is 1. The van der Waals surface area contributed by atoms with E-state index in [-0.39, 0.29) is 36.6 Å². The fourth-order valence-electron chi connectivity index (χ4n) is 4.80. The number of benzene rings is 3. The molecule has 1 N–H and O–H groups in total. The number of hydrogen-bond donors (Lipinski definition) is 1. The first-order valence-electron chi connectivity index (χ1n) is 12.4. The third-order valence-electron chi connectivity index (χ3n) is 6.87. The summed E-state index contributed by atoms with van der Waals surface area (Å²) >= 11 is 0. The number of rotatable bonds is 9. The highest BCUT2D eigenvalue weighted by atomic mass is 19.1. The molecule has 5 heteroatoms. The van der Waals surface area contributed by atoms with Crippen molar-refractivity contribution in [3.05, 3.63) is 107 Å². The van der Waals surface area contributed by atoms with Gasteiger partial charge in [-0.2, -0.15) is 0 Å². The molecule has 0 heterocycles. The summed E-state index contributed by atoms with van der Waals surface area (Å²) in [5.41, 5.74) is 3.28. The van der Waals surface area contributed by atoms with Crippen molar-refractivity contribution < 1.29 is 14.0 Å². The number of aryl methyl sites for hydroxylation is 1. The molecule has 0 bridgehead atoms. The van der Waals surface area contributed by atoms with E-state index >= 15 is 0 Å². The fraction of sp³-hybridized carbons (Fsp3) is 0.333. The summed E-state index contributed by atoms with van der Waals surface area (Å²) in [7, 11) is 0. The topological polar surface area (TPSA) is 49.4 Å². The van der Waals surface area contributed by atoms with Crippen LogP contribution in [-0.4, -0.2) is 28.8 Å². The molecule has 0 aromatic heterocycles. The van der Waals surface area contributed by atoms with Crippen LogP contribution >= 0.6 is 0 Å². The van der Waals surface area contributed by atoms with Gasteiger partial charge in [-0.05, 0) is 42.5 Å². The van der Waals surface area contributed by atoms with E-state index in [1.165, 1.54) is 6.07 Å². The maximum Gasteiger partial charge on any atom is 0.243 e. The summed E-state index contributed by atoms with van der Waals surface area (Å²) in [5, 5.41) is 3.18. The third kappa shape index (κ3) is 6.56. The van der Waals surface area contributed by atoms with Crippen LogP contribution in [0.2, 0.25) is 0 Å². The Morgan fingerprint density at radius 3 is 2.23 bits per heavy atom. The zero-order valence-corrected chi connectivity index (χ0v) is 20.3. The van der Waals surface area contributed by atoms with Crippen LogP contribution in [0.1, 0.15) is 47.9 Å². The number of carbonyl (C=O) groups is 2. The quantitative estimate of drug-likeness (QED) is 0.455. The first-order chi connectivity index (χ1) is 17.0. The smallest absolute Gasteiger partial charge is 0.243 e. The minimum absolute atomic E-state index is 0.0347. The van der Waals surface area contributed by atoms with E-state index < -0.39 is 6.04 Å². The molecule has 182 valence electrons. The summed E-state index contributed by atoms with van der Waals surface area (Å²) in [6.45, 7) is 2.01. The lowest BCUT2D eigenvalue weighted by Crippen LogP contribution is -2.52. The van der Waals surface area contributed by atoms with Gasteiger partial charge in [0.15, 0.2) is 0 Å². The second kappa shape index (κ2) is 11.8. The zero-order chi connectivity index (χ0) is 24.6. The van der Waals surface area contributed by atoms with Crippen LogP contribution in [0.3, 0.4) is 0 Å². The van der Waals surface area contributed by atoms with Gasteiger partial charge in [-0.1, -0.05) is 85.6 Å². The Kier molecular flexibility index (Phi) is 8.30. The molecule has 1 fully saturated rings. The van der Waals surface area contributed by atoms with Crippen LogP contribution in [0, 0.1) is 12.7 Å². The van der Waals surface area contributed by atoms with E-state index in [2.05, 4.69) is 5.32 Å². The zero-order valence-electron chi connectivity index (χ0n) is 20.3. The van der Waals surface area contributed by atoms with E-state index in [1.807, 2.05) is 61.5 Å². The minimum Gasteiger partial charge on any atom is -0.352 e. The third-order valence-corrected chi connectivity index (χ3v) is 6.87. The maximum atomic E-state index is 14.7. The molecule has 4 nitrogen and oxygen atoms in total.